The van der Waals surface area contributed by atoms with Crippen LogP contribution in [0.2, 0.25) is 5.15 Å². The maximum Gasteiger partial charge on any atom is 0.152 e. The van der Waals surface area contributed by atoms with Gasteiger partial charge in [0.15, 0.2) is 5.15 Å². The number of hydrogen-bond acceptors (Lipinski definition) is 4. The molecule has 76 valence electrons. The normalized spacial score (nSPS) is 21.4. The Kier molecular flexibility index (Phi) is 3.29. The summed E-state index contributed by atoms with van der Waals surface area (Å²) in [7, 11) is 0. The van der Waals surface area contributed by atoms with E-state index in [0.29, 0.717) is 17.5 Å². The van der Waals surface area contributed by atoms with Gasteiger partial charge in [0.25, 0.3) is 0 Å². The summed E-state index contributed by atoms with van der Waals surface area (Å²) in [6.07, 6.45) is 4.53. The van der Waals surface area contributed by atoms with Gasteiger partial charge in [-0.1, -0.05) is 11.6 Å². The average molecular weight is 214 g/mol. The standard InChI is InChI=1S/C9H12ClN3O/c10-9-8(12-3-4-13-9)6-14-7-1-2-11-5-7/h3-4,7,11H,1-2,5-6H2/t7-/m0/s1. The number of nitrogens with zero attached hydrogens (tertiary/aromatic N) is 2. The Morgan fingerprint density at radius 2 is 2.36 bits per heavy atom. The van der Waals surface area contributed by atoms with E-state index in [1.165, 1.54) is 0 Å². The molecule has 0 spiro atoms. The summed E-state index contributed by atoms with van der Waals surface area (Å²) >= 11 is 5.84. The Bertz CT molecular complexity index is 302. The first-order valence-corrected chi connectivity index (χ1v) is 5.02. The van der Waals surface area contributed by atoms with Gasteiger partial charge in [-0.05, 0) is 13.0 Å². The van der Waals surface area contributed by atoms with Gasteiger partial charge in [-0.15, -0.1) is 0 Å². The summed E-state index contributed by atoms with van der Waals surface area (Å²) in [6, 6.07) is 0. The molecular formula is C9H12ClN3O. The second kappa shape index (κ2) is 4.68. The van der Waals surface area contributed by atoms with Crippen LogP contribution < -0.4 is 5.32 Å². The fourth-order valence-electron chi connectivity index (χ4n) is 1.41. The first-order chi connectivity index (χ1) is 6.86. The summed E-state index contributed by atoms with van der Waals surface area (Å²) in [4.78, 5) is 8.03. The molecule has 0 saturated carbocycles. The highest BCUT2D eigenvalue weighted by Gasteiger charge is 2.15. The predicted octanol–water partition coefficient (Wildman–Crippen LogP) is 1.01. The van der Waals surface area contributed by atoms with Gasteiger partial charge in [0.05, 0.1) is 12.7 Å². The smallest absolute Gasteiger partial charge is 0.152 e. The van der Waals surface area contributed by atoms with Crippen LogP contribution in [0.3, 0.4) is 0 Å². The molecule has 0 radical (unpaired) electrons. The third kappa shape index (κ3) is 2.41. The summed E-state index contributed by atoms with van der Waals surface area (Å²) in [5.74, 6) is 0. The first-order valence-electron chi connectivity index (χ1n) is 4.64. The molecule has 1 aliphatic rings. The van der Waals surface area contributed by atoms with Crippen molar-refractivity contribution in [2.24, 2.45) is 0 Å². The fraction of sp³-hybridized carbons (Fsp3) is 0.556. The second-order valence-electron chi connectivity index (χ2n) is 3.22. The van der Waals surface area contributed by atoms with Gasteiger partial charge in [0, 0.05) is 18.9 Å². The minimum Gasteiger partial charge on any atom is -0.370 e. The number of aromatic nitrogens is 2. The minimum absolute atomic E-state index is 0.285. The van der Waals surface area contributed by atoms with Crippen molar-refractivity contribution in [1.29, 1.82) is 0 Å². The Hall–Kier alpha value is -0.710. The molecule has 1 aliphatic heterocycles. The molecule has 1 aromatic rings. The quantitative estimate of drug-likeness (QED) is 0.814. The van der Waals surface area contributed by atoms with Crippen LogP contribution in [0.5, 0.6) is 0 Å². The SMILES string of the molecule is Clc1nccnc1CO[C@H]1CCNC1. The Morgan fingerprint density at radius 1 is 1.50 bits per heavy atom. The van der Waals surface area contributed by atoms with Crippen molar-refractivity contribution in [2.45, 2.75) is 19.1 Å². The van der Waals surface area contributed by atoms with Crippen molar-refractivity contribution in [3.63, 3.8) is 0 Å². The van der Waals surface area contributed by atoms with Gasteiger partial charge in [-0.25, -0.2) is 4.98 Å². The molecule has 0 unspecified atom stereocenters. The number of rotatable bonds is 3. The van der Waals surface area contributed by atoms with Crippen molar-refractivity contribution in [1.82, 2.24) is 15.3 Å². The highest BCUT2D eigenvalue weighted by atomic mass is 35.5. The second-order valence-corrected chi connectivity index (χ2v) is 3.58. The van der Waals surface area contributed by atoms with Crippen LogP contribution in [-0.4, -0.2) is 29.2 Å². The highest BCUT2D eigenvalue weighted by molar-refractivity contribution is 6.29. The van der Waals surface area contributed by atoms with E-state index in [4.69, 9.17) is 16.3 Å². The summed E-state index contributed by atoms with van der Waals surface area (Å²) < 4.78 is 5.62. The number of ether oxygens (including phenoxy) is 1. The molecule has 5 heteroatoms. The molecule has 0 aliphatic carbocycles. The summed E-state index contributed by atoms with van der Waals surface area (Å²) in [6.45, 7) is 2.38. The molecule has 1 atom stereocenters. The lowest BCUT2D eigenvalue weighted by Gasteiger charge is -2.09. The van der Waals surface area contributed by atoms with Crippen molar-refractivity contribution in [3.8, 4) is 0 Å². The van der Waals surface area contributed by atoms with Gasteiger partial charge < -0.3 is 10.1 Å². The highest BCUT2D eigenvalue weighted by Crippen LogP contribution is 2.12. The molecule has 0 bridgehead atoms. The predicted molar refractivity (Wildman–Crippen MR) is 53.1 cm³/mol. The molecule has 1 saturated heterocycles. The van der Waals surface area contributed by atoms with Crippen molar-refractivity contribution in [2.75, 3.05) is 13.1 Å². The monoisotopic (exact) mass is 213 g/mol. The van der Waals surface area contributed by atoms with Crippen LogP contribution in [0.25, 0.3) is 0 Å². The Morgan fingerprint density at radius 3 is 3.07 bits per heavy atom. The molecule has 2 rings (SSSR count). The number of nitrogens with one attached hydrogen (secondary N) is 1. The fourth-order valence-corrected chi connectivity index (χ4v) is 1.57. The lowest BCUT2D eigenvalue weighted by atomic mass is 10.3. The van der Waals surface area contributed by atoms with E-state index in [1.54, 1.807) is 12.4 Å². The number of hydrogen-bond donors (Lipinski definition) is 1. The lowest BCUT2D eigenvalue weighted by Crippen LogP contribution is -2.17. The molecular weight excluding hydrogens is 202 g/mol. The third-order valence-corrected chi connectivity index (χ3v) is 2.51. The zero-order chi connectivity index (χ0) is 9.80. The van der Waals surface area contributed by atoms with E-state index in [2.05, 4.69) is 15.3 Å². The van der Waals surface area contributed by atoms with Crippen molar-refractivity contribution >= 4 is 11.6 Å². The maximum atomic E-state index is 5.84. The van der Waals surface area contributed by atoms with Crippen LogP contribution in [0.4, 0.5) is 0 Å². The molecule has 1 aromatic heterocycles. The zero-order valence-electron chi connectivity index (χ0n) is 7.74. The Labute approximate surface area is 87.7 Å². The zero-order valence-corrected chi connectivity index (χ0v) is 8.50. The summed E-state index contributed by atoms with van der Waals surface area (Å²) in [5, 5.41) is 3.66. The molecule has 0 aromatic carbocycles. The molecule has 1 N–H and O–H groups in total. The van der Waals surface area contributed by atoms with Gasteiger partial charge in [0.1, 0.15) is 5.69 Å². The lowest BCUT2D eigenvalue weighted by molar-refractivity contribution is 0.0521. The molecule has 14 heavy (non-hydrogen) atoms. The van der Waals surface area contributed by atoms with Gasteiger partial charge in [0.2, 0.25) is 0 Å². The molecule has 2 heterocycles. The van der Waals surface area contributed by atoms with Crippen molar-refractivity contribution in [3.05, 3.63) is 23.2 Å². The third-order valence-electron chi connectivity index (χ3n) is 2.19. The summed E-state index contributed by atoms with van der Waals surface area (Å²) in [5.41, 5.74) is 0.709. The minimum atomic E-state index is 0.285. The van der Waals surface area contributed by atoms with E-state index < -0.39 is 0 Å². The largest absolute Gasteiger partial charge is 0.370 e. The average Bonchev–Trinajstić information content (AvgIpc) is 2.69. The van der Waals surface area contributed by atoms with E-state index in [9.17, 15) is 0 Å². The van der Waals surface area contributed by atoms with E-state index in [1.807, 2.05) is 0 Å². The topological polar surface area (TPSA) is 47.0 Å². The maximum absolute atomic E-state index is 5.84. The van der Waals surface area contributed by atoms with Crippen LogP contribution in [0.15, 0.2) is 12.4 Å². The van der Waals surface area contributed by atoms with E-state index >= 15 is 0 Å². The van der Waals surface area contributed by atoms with Crippen LogP contribution >= 0.6 is 11.6 Å². The van der Waals surface area contributed by atoms with E-state index in [0.717, 1.165) is 19.5 Å². The van der Waals surface area contributed by atoms with Gasteiger partial charge in [-0.3, -0.25) is 4.98 Å². The molecule has 0 amide bonds. The van der Waals surface area contributed by atoms with Crippen molar-refractivity contribution < 1.29 is 4.74 Å². The van der Waals surface area contributed by atoms with Gasteiger partial charge >= 0.3 is 0 Å². The molecule has 4 nitrogen and oxygen atoms in total. The van der Waals surface area contributed by atoms with E-state index in [-0.39, 0.29) is 6.10 Å². The van der Waals surface area contributed by atoms with Crippen LogP contribution in [0.1, 0.15) is 12.1 Å². The Balaban J connectivity index is 1.88. The number of halogens is 1. The first kappa shape index (κ1) is 9.83. The van der Waals surface area contributed by atoms with Crippen LogP contribution in [-0.2, 0) is 11.3 Å². The van der Waals surface area contributed by atoms with Crippen LogP contribution in [0, 0.1) is 0 Å². The molecule has 1 fully saturated rings. The van der Waals surface area contributed by atoms with Gasteiger partial charge in [-0.2, -0.15) is 0 Å².